The van der Waals surface area contributed by atoms with Crippen molar-refractivity contribution in [3.63, 3.8) is 0 Å². The van der Waals surface area contributed by atoms with Crippen molar-refractivity contribution in [2.45, 2.75) is 24.2 Å². The first-order valence-electron chi connectivity index (χ1n) is 7.79. The van der Waals surface area contributed by atoms with Crippen molar-refractivity contribution in [2.24, 2.45) is 0 Å². The number of rotatable bonds is 0. The molecule has 0 amide bonds. The highest BCUT2D eigenvalue weighted by atomic mass is 28.3. The van der Waals surface area contributed by atoms with Crippen molar-refractivity contribution >= 4 is 20.2 Å². The average molecular weight is 286 g/mol. The van der Waals surface area contributed by atoms with Gasteiger partial charge >= 0.3 is 0 Å². The van der Waals surface area contributed by atoms with Gasteiger partial charge in [0.05, 0.1) is 8.07 Å². The second kappa shape index (κ2) is 3.66. The van der Waals surface area contributed by atoms with E-state index in [1.807, 2.05) is 0 Å². The van der Waals surface area contributed by atoms with E-state index in [1.165, 1.54) is 11.1 Å². The monoisotopic (exact) mass is 286 g/mol. The first-order chi connectivity index (χ1) is 10.2. The van der Waals surface area contributed by atoms with Gasteiger partial charge in [-0.3, -0.25) is 0 Å². The van der Waals surface area contributed by atoms with Gasteiger partial charge in [-0.2, -0.15) is 0 Å². The largest absolute Gasteiger partial charge is 0.0730 e. The molecule has 0 aromatic heterocycles. The summed E-state index contributed by atoms with van der Waals surface area (Å²) in [6.07, 6.45) is 4.93. The summed E-state index contributed by atoms with van der Waals surface area (Å²) < 4.78 is 0. The molecule has 2 atom stereocenters. The zero-order valence-corrected chi connectivity index (χ0v) is 13.4. The highest BCUT2D eigenvalue weighted by Gasteiger charge is 2.55. The Morgan fingerprint density at radius 3 is 1.57 bits per heavy atom. The Bertz CT molecular complexity index is 769. The Hall–Kier alpha value is -1.86. The first kappa shape index (κ1) is 11.8. The topological polar surface area (TPSA) is 0 Å². The van der Waals surface area contributed by atoms with Crippen molar-refractivity contribution in [1.29, 1.82) is 0 Å². The lowest BCUT2D eigenvalue weighted by Gasteiger charge is -2.30. The molecule has 5 rings (SSSR count). The highest BCUT2D eigenvalue weighted by molar-refractivity contribution is 6.83. The van der Waals surface area contributed by atoms with E-state index >= 15 is 0 Å². The lowest BCUT2D eigenvalue weighted by atomic mass is 10.0. The van der Waals surface area contributed by atoms with Crippen molar-refractivity contribution < 1.29 is 0 Å². The fourth-order valence-electron chi connectivity index (χ4n) is 4.92. The molecule has 0 N–H and O–H groups in total. The van der Waals surface area contributed by atoms with Gasteiger partial charge in [0.25, 0.3) is 0 Å². The summed E-state index contributed by atoms with van der Waals surface area (Å²) >= 11 is 0. The molecule has 1 aliphatic heterocycles. The molecule has 1 heterocycles. The summed E-state index contributed by atoms with van der Waals surface area (Å²) in [7, 11) is -1.44. The van der Waals surface area contributed by atoms with Gasteiger partial charge in [0.1, 0.15) is 0 Å². The molecule has 0 bridgehead atoms. The van der Waals surface area contributed by atoms with Crippen LogP contribution in [0.5, 0.6) is 0 Å². The Morgan fingerprint density at radius 2 is 1.10 bits per heavy atom. The summed E-state index contributed by atoms with van der Waals surface area (Å²) in [4.78, 5) is 0. The molecule has 2 aromatic rings. The maximum atomic E-state index is 2.58. The molecule has 0 spiro atoms. The molecular weight excluding hydrogens is 268 g/mol. The van der Waals surface area contributed by atoms with Crippen molar-refractivity contribution in [3.8, 4) is 0 Å². The molecule has 1 fully saturated rings. The van der Waals surface area contributed by atoms with Crippen molar-refractivity contribution in [3.05, 3.63) is 81.9 Å². The van der Waals surface area contributed by atoms with Crippen LogP contribution >= 0.6 is 0 Å². The molecule has 2 unspecified atom stereocenters. The van der Waals surface area contributed by atoms with E-state index in [-0.39, 0.29) is 0 Å². The molecule has 2 aliphatic carbocycles. The Balaban J connectivity index is 1.78. The van der Waals surface area contributed by atoms with Gasteiger partial charge in [0.15, 0.2) is 0 Å². The van der Waals surface area contributed by atoms with E-state index in [0.29, 0.717) is 11.1 Å². The minimum atomic E-state index is -1.44. The molecule has 1 heteroatoms. The van der Waals surface area contributed by atoms with Crippen LogP contribution in [0.2, 0.25) is 13.1 Å². The van der Waals surface area contributed by atoms with Crippen LogP contribution in [0.3, 0.4) is 0 Å². The van der Waals surface area contributed by atoms with Crippen LogP contribution in [0, 0.1) is 0 Å². The maximum absolute atomic E-state index is 2.58. The van der Waals surface area contributed by atoms with Crippen molar-refractivity contribution in [2.75, 3.05) is 0 Å². The third-order valence-electron chi connectivity index (χ3n) is 5.68. The number of fused-ring (bicyclic) bond motifs is 7. The zero-order chi connectivity index (χ0) is 14.2. The quantitative estimate of drug-likeness (QED) is 0.588. The molecule has 3 aliphatic rings. The third kappa shape index (κ3) is 1.31. The van der Waals surface area contributed by atoms with E-state index < -0.39 is 8.07 Å². The summed E-state index contributed by atoms with van der Waals surface area (Å²) in [5, 5.41) is 0. The Kier molecular flexibility index (Phi) is 2.05. The van der Waals surface area contributed by atoms with Gasteiger partial charge in [-0.05, 0) is 33.4 Å². The second-order valence-electron chi connectivity index (χ2n) is 7.14. The lowest BCUT2D eigenvalue weighted by Crippen LogP contribution is -2.36. The fraction of sp³-hybridized carbons (Fsp3) is 0.200. The summed E-state index contributed by atoms with van der Waals surface area (Å²) in [6.45, 7) is 5.17. The molecule has 0 radical (unpaired) electrons. The predicted octanol–water partition coefficient (Wildman–Crippen LogP) is 5.15. The molecule has 102 valence electrons. The van der Waals surface area contributed by atoms with Gasteiger partial charge in [-0.15, -0.1) is 0 Å². The van der Waals surface area contributed by atoms with Gasteiger partial charge in [0.2, 0.25) is 0 Å². The maximum Gasteiger partial charge on any atom is 0.0730 e. The summed E-state index contributed by atoms with van der Waals surface area (Å²) in [6, 6.07) is 18.0. The van der Waals surface area contributed by atoms with Crippen LogP contribution in [0.4, 0.5) is 0 Å². The van der Waals surface area contributed by atoms with Crippen LogP contribution in [0.1, 0.15) is 33.3 Å². The van der Waals surface area contributed by atoms with E-state index in [2.05, 4.69) is 73.8 Å². The Labute approximate surface area is 126 Å². The number of hydrogen-bond acceptors (Lipinski definition) is 0. The van der Waals surface area contributed by atoms with Crippen LogP contribution in [-0.4, -0.2) is 8.07 Å². The highest BCUT2D eigenvalue weighted by Crippen LogP contribution is 2.62. The third-order valence-corrected chi connectivity index (χ3v) is 9.90. The number of allylic oxidation sites excluding steroid dienone is 2. The van der Waals surface area contributed by atoms with E-state index in [1.54, 1.807) is 22.3 Å². The Morgan fingerprint density at radius 1 is 0.667 bits per heavy atom. The van der Waals surface area contributed by atoms with E-state index in [0.717, 1.165) is 0 Å². The molecule has 0 saturated carbocycles. The van der Waals surface area contributed by atoms with Gasteiger partial charge < -0.3 is 0 Å². The zero-order valence-electron chi connectivity index (χ0n) is 12.4. The van der Waals surface area contributed by atoms with Gasteiger partial charge in [-0.25, -0.2) is 0 Å². The van der Waals surface area contributed by atoms with E-state index in [9.17, 15) is 0 Å². The molecular formula is C20H18Si. The standard InChI is InChI=1S/C20H18Si/c1-21(2)19-15-9-5-3-7-13(15)11-17(19)18-12-14-8-4-6-10-16(14)20(18)21/h3-12,19-20H,1-2H3. The number of benzene rings is 2. The predicted molar refractivity (Wildman–Crippen MR) is 91.8 cm³/mol. The molecule has 1 saturated heterocycles. The van der Waals surface area contributed by atoms with Crippen LogP contribution in [-0.2, 0) is 0 Å². The normalized spacial score (nSPS) is 26.6. The smallest absolute Gasteiger partial charge is 0.0679 e. The molecule has 0 nitrogen and oxygen atoms in total. The minimum Gasteiger partial charge on any atom is -0.0679 e. The first-order valence-corrected chi connectivity index (χ1v) is 10.9. The SMILES string of the molecule is C[Si]1(C)C2C(=Cc3ccccc32)C2=Cc3ccccc3C21. The van der Waals surface area contributed by atoms with Gasteiger partial charge in [0, 0.05) is 11.1 Å². The molecule has 21 heavy (non-hydrogen) atoms. The number of hydrogen-bond donors (Lipinski definition) is 0. The molecule has 2 aromatic carbocycles. The van der Waals surface area contributed by atoms with Gasteiger partial charge in [-0.1, -0.05) is 73.8 Å². The average Bonchev–Trinajstić information content (AvgIpc) is 3.10. The van der Waals surface area contributed by atoms with Crippen LogP contribution < -0.4 is 0 Å². The minimum absolute atomic E-state index is 0.693. The second-order valence-corrected chi connectivity index (χ2v) is 11.9. The van der Waals surface area contributed by atoms with Crippen molar-refractivity contribution in [1.82, 2.24) is 0 Å². The summed E-state index contributed by atoms with van der Waals surface area (Å²) in [5.41, 5.74) is 10.7. The summed E-state index contributed by atoms with van der Waals surface area (Å²) in [5.74, 6) is 0. The van der Waals surface area contributed by atoms with Crippen LogP contribution in [0.25, 0.3) is 12.2 Å². The van der Waals surface area contributed by atoms with E-state index in [4.69, 9.17) is 0 Å². The lowest BCUT2D eigenvalue weighted by molar-refractivity contribution is 1.11. The fourth-order valence-corrected chi connectivity index (χ4v) is 9.48. The van der Waals surface area contributed by atoms with Crippen LogP contribution in [0.15, 0.2) is 59.7 Å².